The molecule has 0 aliphatic carbocycles. The van der Waals surface area contributed by atoms with E-state index in [1.165, 1.54) is 0 Å². The smallest absolute Gasteiger partial charge is 0.223 e. The SMILES string of the molecule is Cc1cc([C@H]2CCCCN2C(=O)CC2CCN(C(C)C)CC2)no1. The van der Waals surface area contributed by atoms with Crippen molar-refractivity contribution in [3.8, 4) is 0 Å². The number of aromatic nitrogens is 1. The molecule has 2 fully saturated rings. The second kappa shape index (κ2) is 7.68. The molecule has 3 rings (SSSR count). The molecule has 0 spiro atoms. The van der Waals surface area contributed by atoms with Gasteiger partial charge in [-0.3, -0.25) is 4.79 Å². The zero-order valence-corrected chi connectivity index (χ0v) is 15.3. The van der Waals surface area contributed by atoms with Crippen molar-refractivity contribution in [1.82, 2.24) is 15.0 Å². The van der Waals surface area contributed by atoms with Crippen LogP contribution in [-0.2, 0) is 4.79 Å². The Morgan fingerprint density at radius 1 is 1.25 bits per heavy atom. The van der Waals surface area contributed by atoms with Crippen molar-refractivity contribution in [2.75, 3.05) is 19.6 Å². The second-order valence-corrected chi connectivity index (χ2v) is 7.74. The molecule has 0 bridgehead atoms. The first-order valence-electron chi connectivity index (χ1n) is 9.51. The molecular weight excluding hydrogens is 302 g/mol. The van der Waals surface area contributed by atoms with Gasteiger partial charge >= 0.3 is 0 Å². The summed E-state index contributed by atoms with van der Waals surface area (Å²) >= 11 is 0. The summed E-state index contributed by atoms with van der Waals surface area (Å²) in [4.78, 5) is 17.5. The minimum Gasteiger partial charge on any atom is -0.361 e. The Morgan fingerprint density at radius 3 is 2.62 bits per heavy atom. The maximum Gasteiger partial charge on any atom is 0.223 e. The van der Waals surface area contributed by atoms with Crippen LogP contribution in [0.5, 0.6) is 0 Å². The molecule has 2 aliphatic heterocycles. The van der Waals surface area contributed by atoms with E-state index < -0.39 is 0 Å². The molecule has 5 heteroatoms. The van der Waals surface area contributed by atoms with Crippen LogP contribution in [0.1, 0.15) is 69.9 Å². The van der Waals surface area contributed by atoms with Gasteiger partial charge in [0.15, 0.2) is 0 Å². The van der Waals surface area contributed by atoms with Crippen LogP contribution in [0.4, 0.5) is 0 Å². The molecule has 1 aromatic rings. The minimum atomic E-state index is 0.111. The van der Waals surface area contributed by atoms with Gasteiger partial charge in [-0.25, -0.2) is 0 Å². The lowest BCUT2D eigenvalue weighted by atomic mass is 9.91. The van der Waals surface area contributed by atoms with Crippen LogP contribution in [0.3, 0.4) is 0 Å². The molecule has 0 saturated carbocycles. The van der Waals surface area contributed by atoms with Crippen LogP contribution < -0.4 is 0 Å². The van der Waals surface area contributed by atoms with Gasteiger partial charge < -0.3 is 14.3 Å². The summed E-state index contributed by atoms with van der Waals surface area (Å²) in [6, 6.07) is 2.71. The van der Waals surface area contributed by atoms with Crippen molar-refractivity contribution >= 4 is 5.91 Å². The number of piperidine rings is 2. The Morgan fingerprint density at radius 2 is 2.00 bits per heavy atom. The number of rotatable bonds is 4. The van der Waals surface area contributed by atoms with Crippen LogP contribution >= 0.6 is 0 Å². The molecule has 0 N–H and O–H groups in total. The van der Waals surface area contributed by atoms with E-state index in [9.17, 15) is 4.79 Å². The van der Waals surface area contributed by atoms with Crippen LogP contribution in [-0.4, -0.2) is 46.5 Å². The van der Waals surface area contributed by atoms with E-state index >= 15 is 0 Å². The third-order valence-corrected chi connectivity index (χ3v) is 5.65. The highest BCUT2D eigenvalue weighted by molar-refractivity contribution is 5.77. The Kier molecular flexibility index (Phi) is 5.59. The lowest BCUT2D eigenvalue weighted by Crippen LogP contribution is -2.42. The average Bonchev–Trinajstić information content (AvgIpc) is 3.01. The van der Waals surface area contributed by atoms with Crippen molar-refractivity contribution in [1.29, 1.82) is 0 Å². The molecular formula is C19H31N3O2. The topological polar surface area (TPSA) is 49.6 Å². The number of amides is 1. The summed E-state index contributed by atoms with van der Waals surface area (Å²) in [6.07, 6.45) is 6.25. The van der Waals surface area contributed by atoms with E-state index in [1.807, 2.05) is 13.0 Å². The summed E-state index contributed by atoms with van der Waals surface area (Å²) in [5.74, 6) is 1.67. The Bertz CT molecular complexity index is 547. The number of hydrogen-bond donors (Lipinski definition) is 0. The van der Waals surface area contributed by atoms with E-state index in [1.54, 1.807) is 0 Å². The van der Waals surface area contributed by atoms with Gasteiger partial charge in [0.1, 0.15) is 11.5 Å². The number of likely N-dealkylation sites (tertiary alicyclic amines) is 2. The van der Waals surface area contributed by atoms with Gasteiger partial charge in [0.05, 0.1) is 6.04 Å². The summed E-state index contributed by atoms with van der Waals surface area (Å²) in [7, 11) is 0. The van der Waals surface area contributed by atoms with Crippen LogP contribution in [0, 0.1) is 12.8 Å². The first-order valence-corrected chi connectivity index (χ1v) is 9.51. The molecule has 1 atom stereocenters. The molecule has 1 aromatic heterocycles. The zero-order valence-electron chi connectivity index (χ0n) is 15.3. The quantitative estimate of drug-likeness (QED) is 0.845. The molecule has 2 aliphatic rings. The molecule has 134 valence electrons. The number of carbonyl (C=O) groups excluding carboxylic acids is 1. The third kappa shape index (κ3) is 4.00. The predicted molar refractivity (Wildman–Crippen MR) is 93.6 cm³/mol. The van der Waals surface area contributed by atoms with Crippen LogP contribution in [0.25, 0.3) is 0 Å². The molecule has 5 nitrogen and oxygen atoms in total. The van der Waals surface area contributed by atoms with E-state index in [0.717, 1.165) is 63.2 Å². The monoisotopic (exact) mass is 333 g/mol. The van der Waals surface area contributed by atoms with Gasteiger partial charge in [0.2, 0.25) is 5.91 Å². The molecule has 0 aromatic carbocycles. The summed E-state index contributed by atoms with van der Waals surface area (Å²) in [5.41, 5.74) is 0.926. The number of carbonyl (C=O) groups is 1. The fourth-order valence-corrected chi connectivity index (χ4v) is 4.12. The Balaban J connectivity index is 1.59. The van der Waals surface area contributed by atoms with E-state index in [2.05, 4.69) is 28.8 Å². The van der Waals surface area contributed by atoms with Gasteiger partial charge in [-0.1, -0.05) is 5.16 Å². The van der Waals surface area contributed by atoms with Crippen LogP contribution in [0.15, 0.2) is 10.6 Å². The fraction of sp³-hybridized carbons (Fsp3) is 0.789. The largest absolute Gasteiger partial charge is 0.361 e. The second-order valence-electron chi connectivity index (χ2n) is 7.74. The number of aryl methyl sites for hydroxylation is 1. The fourth-order valence-electron chi connectivity index (χ4n) is 4.12. The van der Waals surface area contributed by atoms with E-state index in [4.69, 9.17) is 4.52 Å². The molecule has 1 amide bonds. The standard InChI is InChI=1S/C19H31N3O2/c1-14(2)21-10-7-16(8-11-21)13-19(23)22-9-5-4-6-18(22)17-12-15(3)24-20-17/h12,14,16,18H,4-11,13H2,1-3H3/t18-/m1/s1. The molecule has 24 heavy (non-hydrogen) atoms. The lowest BCUT2D eigenvalue weighted by Gasteiger charge is -2.38. The van der Waals surface area contributed by atoms with Gasteiger partial charge in [0.25, 0.3) is 0 Å². The molecule has 0 radical (unpaired) electrons. The summed E-state index contributed by atoms with van der Waals surface area (Å²) in [6.45, 7) is 9.53. The highest BCUT2D eigenvalue weighted by Gasteiger charge is 2.32. The van der Waals surface area contributed by atoms with Gasteiger partial charge in [-0.15, -0.1) is 0 Å². The first kappa shape index (κ1) is 17.5. The highest BCUT2D eigenvalue weighted by Crippen LogP contribution is 2.32. The van der Waals surface area contributed by atoms with Crippen molar-refractivity contribution in [3.05, 3.63) is 17.5 Å². The molecule has 3 heterocycles. The summed E-state index contributed by atoms with van der Waals surface area (Å²) in [5, 5.41) is 4.17. The minimum absolute atomic E-state index is 0.111. The number of hydrogen-bond acceptors (Lipinski definition) is 4. The molecule has 2 saturated heterocycles. The normalized spacial score (nSPS) is 23.8. The summed E-state index contributed by atoms with van der Waals surface area (Å²) < 4.78 is 5.24. The van der Waals surface area contributed by atoms with E-state index in [0.29, 0.717) is 24.3 Å². The van der Waals surface area contributed by atoms with Crippen molar-refractivity contribution < 1.29 is 9.32 Å². The Labute approximate surface area is 145 Å². The third-order valence-electron chi connectivity index (χ3n) is 5.65. The van der Waals surface area contributed by atoms with Crippen molar-refractivity contribution in [2.45, 2.75) is 71.4 Å². The van der Waals surface area contributed by atoms with Crippen molar-refractivity contribution in [2.24, 2.45) is 5.92 Å². The van der Waals surface area contributed by atoms with Crippen LogP contribution in [0.2, 0.25) is 0 Å². The lowest BCUT2D eigenvalue weighted by molar-refractivity contribution is -0.136. The maximum atomic E-state index is 12.9. The van der Waals surface area contributed by atoms with Gasteiger partial charge in [-0.05, 0) is 71.9 Å². The van der Waals surface area contributed by atoms with Crippen molar-refractivity contribution in [3.63, 3.8) is 0 Å². The highest BCUT2D eigenvalue weighted by atomic mass is 16.5. The first-order chi connectivity index (χ1) is 11.5. The number of nitrogens with zero attached hydrogens (tertiary/aromatic N) is 3. The Hall–Kier alpha value is -1.36. The van der Waals surface area contributed by atoms with Gasteiger partial charge in [0, 0.05) is 25.1 Å². The average molecular weight is 333 g/mol. The zero-order chi connectivity index (χ0) is 17.1. The predicted octanol–water partition coefficient (Wildman–Crippen LogP) is 3.55. The van der Waals surface area contributed by atoms with E-state index in [-0.39, 0.29) is 6.04 Å². The molecule has 0 unspecified atom stereocenters. The van der Waals surface area contributed by atoms with Gasteiger partial charge in [-0.2, -0.15) is 0 Å². The maximum absolute atomic E-state index is 12.9.